The van der Waals surface area contributed by atoms with E-state index in [4.69, 9.17) is 16.3 Å². The van der Waals surface area contributed by atoms with Gasteiger partial charge >= 0.3 is 0 Å². The molecule has 2 N–H and O–H groups in total. The zero-order valence-corrected chi connectivity index (χ0v) is 18.3. The lowest BCUT2D eigenvalue weighted by Gasteiger charge is -2.16. The van der Waals surface area contributed by atoms with Crippen molar-refractivity contribution >= 4 is 34.7 Å². The lowest BCUT2D eigenvalue weighted by Crippen LogP contribution is -2.04. The van der Waals surface area contributed by atoms with E-state index in [-0.39, 0.29) is 0 Å². The zero-order chi connectivity index (χ0) is 22.5. The minimum Gasteiger partial charge on any atom is -0.495 e. The van der Waals surface area contributed by atoms with Gasteiger partial charge in [0.05, 0.1) is 30.2 Å². The van der Waals surface area contributed by atoms with Gasteiger partial charge in [-0.2, -0.15) is 10.2 Å². The van der Waals surface area contributed by atoms with E-state index in [1.165, 1.54) is 6.20 Å². The predicted octanol–water partition coefficient (Wildman–Crippen LogP) is 6.47. The number of rotatable bonds is 6. The van der Waals surface area contributed by atoms with Crippen molar-refractivity contribution in [2.45, 2.75) is 6.92 Å². The minimum atomic E-state index is 0.339. The lowest BCUT2D eigenvalue weighted by molar-refractivity contribution is 0.417. The predicted molar refractivity (Wildman–Crippen MR) is 128 cm³/mol. The van der Waals surface area contributed by atoms with Crippen LogP contribution in [-0.4, -0.2) is 17.1 Å². The normalized spacial score (nSPS) is 10.3. The summed E-state index contributed by atoms with van der Waals surface area (Å²) in [5.41, 5.74) is 5.11. The molecular formula is C25H20ClN5O. The number of methoxy groups -OCH3 is 1. The minimum absolute atomic E-state index is 0.339. The van der Waals surface area contributed by atoms with Crippen LogP contribution in [0.4, 0.5) is 23.1 Å². The molecule has 0 unspecified atom stereocenters. The first-order valence-corrected chi connectivity index (χ1v) is 10.3. The summed E-state index contributed by atoms with van der Waals surface area (Å²) in [7, 11) is 1.62. The Balaban J connectivity index is 1.65. The highest BCUT2D eigenvalue weighted by atomic mass is 35.5. The molecule has 0 aliphatic carbocycles. The van der Waals surface area contributed by atoms with Crippen molar-refractivity contribution in [2.75, 3.05) is 17.7 Å². The largest absolute Gasteiger partial charge is 0.495 e. The molecule has 7 heteroatoms. The molecule has 3 aromatic carbocycles. The number of para-hydroxylation sites is 1. The van der Waals surface area contributed by atoms with Crippen molar-refractivity contribution in [3.63, 3.8) is 0 Å². The number of halogens is 1. The molecule has 0 fully saturated rings. The standard InChI is InChI=1S/C25H20ClN5O/c1-16-12-22(23(32-2)13-19(16)17-8-4-3-5-9-17)30-25-28-15-20(26)24(31-25)29-21-11-7-6-10-18(21)14-27/h3-13,15H,1-2H3,(H2,28,29,30,31). The second-order valence-corrected chi connectivity index (χ2v) is 7.44. The number of ether oxygens (including phenoxy) is 1. The molecule has 0 radical (unpaired) electrons. The quantitative estimate of drug-likeness (QED) is 0.356. The van der Waals surface area contributed by atoms with E-state index in [2.05, 4.69) is 38.8 Å². The zero-order valence-electron chi connectivity index (χ0n) is 17.6. The van der Waals surface area contributed by atoms with Gasteiger partial charge in [-0.15, -0.1) is 0 Å². The van der Waals surface area contributed by atoms with Crippen molar-refractivity contribution in [3.05, 3.63) is 89.1 Å². The number of benzene rings is 3. The lowest BCUT2D eigenvalue weighted by atomic mass is 9.99. The van der Waals surface area contributed by atoms with E-state index in [0.717, 1.165) is 22.4 Å². The number of nitriles is 1. The van der Waals surface area contributed by atoms with Gasteiger partial charge in [0.15, 0.2) is 5.82 Å². The van der Waals surface area contributed by atoms with E-state index in [9.17, 15) is 5.26 Å². The van der Waals surface area contributed by atoms with Crippen LogP contribution in [0.25, 0.3) is 11.1 Å². The molecule has 1 aromatic heterocycles. The topological polar surface area (TPSA) is 82.9 Å². The summed E-state index contributed by atoms with van der Waals surface area (Å²) >= 11 is 6.29. The SMILES string of the molecule is COc1cc(-c2ccccc2)c(C)cc1Nc1ncc(Cl)c(Nc2ccccc2C#N)n1. The van der Waals surface area contributed by atoms with Gasteiger partial charge in [-0.25, -0.2) is 4.98 Å². The Labute approximate surface area is 191 Å². The number of aryl methyl sites for hydroxylation is 1. The average molecular weight is 442 g/mol. The molecule has 0 amide bonds. The van der Waals surface area contributed by atoms with Crippen molar-refractivity contribution in [3.8, 4) is 22.9 Å². The Morgan fingerprint density at radius 2 is 1.72 bits per heavy atom. The fourth-order valence-electron chi connectivity index (χ4n) is 3.34. The van der Waals surface area contributed by atoms with Gasteiger partial charge < -0.3 is 15.4 Å². The van der Waals surface area contributed by atoms with E-state index in [0.29, 0.717) is 33.8 Å². The van der Waals surface area contributed by atoms with Gasteiger partial charge in [0, 0.05) is 0 Å². The summed E-state index contributed by atoms with van der Waals surface area (Å²) in [6.45, 7) is 2.04. The molecular weight excluding hydrogens is 422 g/mol. The second-order valence-electron chi connectivity index (χ2n) is 7.03. The maximum atomic E-state index is 9.32. The highest BCUT2D eigenvalue weighted by Gasteiger charge is 2.13. The fourth-order valence-corrected chi connectivity index (χ4v) is 3.47. The highest BCUT2D eigenvalue weighted by molar-refractivity contribution is 6.32. The van der Waals surface area contributed by atoms with Crippen LogP contribution in [0, 0.1) is 18.3 Å². The molecule has 0 aliphatic rings. The summed E-state index contributed by atoms with van der Waals surface area (Å²) in [6, 6.07) is 23.4. The van der Waals surface area contributed by atoms with Crippen molar-refractivity contribution in [1.29, 1.82) is 5.26 Å². The van der Waals surface area contributed by atoms with Crippen LogP contribution in [0.15, 0.2) is 72.9 Å². The van der Waals surface area contributed by atoms with Crippen LogP contribution >= 0.6 is 11.6 Å². The highest BCUT2D eigenvalue weighted by Crippen LogP contribution is 2.35. The molecule has 6 nitrogen and oxygen atoms in total. The molecule has 0 aliphatic heterocycles. The Kier molecular flexibility index (Phi) is 6.20. The van der Waals surface area contributed by atoms with Crippen LogP contribution in [0.5, 0.6) is 5.75 Å². The van der Waals surface area contributed by atoms with Crippen LogP contribution in [0.3, 0.4) is 0 Å². The van der Waals surface area contributed by atoms with E-state index >= 15 is 0 Å². The van der Waals surface area contributed by atoms with Gasteiger partial charge in [0.25, 0.3) is 0 Å². The number of nitrogens with one attached hydrogen (secondary N) is 2. The van der Waals surface area contributed by atoms with Crippen LogP contribution in [0.2, 0.25) is 5.02 Å². The first-order valence-electron chi connectivity index (χ1n) is 9.89. The van der Waals surface area contributed by atoms with E-state index in [1.54, 1.807) is 25.3 Å². The number of hydrogen-bond acceptors (Lipinski definition) is 6. The smallest absolute Gasteiger partial charge is 0.229 e. The van der Waals surface area contributed by atoms with Crippen molar-refractivity contribution in [2.24, 2.45) is 0 Å². The molecule has 32 heavy (non-hydrogen) atoms. The van der Waals surface area contributed by atoms with Crippen LogP contribution < -0.4 is 15.4 Å². The van der Waals surface area contributed by atoms with E-state index < -0.39 is 0 Å². The third kappa shape index (κ3) is 4.48. The van der Waals surface area contributed by atoms with Gasteiger partial charge in [0.2, 0.25) is 5.95 Å². The Hall–Kier alpha value is -4.08. The number of hydrogen-bond donors (Lipinski definition) is 2. The monoisotopic (exact) mass is 441 g/mol. The maximum Gasteiger partial charge on any atom is 0.229 e. The van der Waals surface area contributed by atoms with Crippen LogP contribution in [-0.2, 0) is 0 Å². The molecule has 0 saturated heterocycles. The fraction of sp³-hybridized carbons (Fsp3) is 0.0800. The van der Waals surface area contributed by atoms with Gasteiger partial charge in [0.1, 0.15) is 16.8 Å². The number of anilines is 4. The summed E-state index contributed by atoms with van der Waals surface area (Å²) in [5.74, 6) is 1.40. The summed E-state index contributed by atoms with van der Waals surface area (Å²) in [5, 5.41) is 16.0. The van der Waals surface area contributed by atoms with Crippen LogP contribution in [0.1, 0.15) is 11.1 Å². The number of nitrogens with zero attached hydrogens (tertiary/aromatic N) is 3. The third-order valence-corrected chi connectivity index (χ3v) is 5.20. The first-order chi connectivity index (χ1) is 15.6. The molecule has 4 rings (SSSR count). The van der Waals surface area contributed by atoms with E-state index in [1.807, 2.05) is 43.3 Å². The Bertz CT molecular complexity index is 1300. The number of aromatic nitrogens is 2. The molecule has 0 atom stereocenters. The summed E-state index contributed by atoms with van der Waals surface area (Å²) < 4.78 is 5.62. The Morgan fingerprint density at radius 1 is 0.969 bits per heavy atom. The van der Waals surface area contributed by atoms with Crippen molar-refractivity contribution < 1.29 is 4.74 Å². The average Bonchev–Trinajstić information content (AvgIpc) is 2.82. The summed E-state index contributed by atoms with van der Waals surface area (Å²) in [6.07, 6.45) is 1.51. The van der Waals surface area contributed by atoms with Gasteiger partial charge in [-0.1, -0.05) is 54.1 Å². The third-order valence-electron chi connectivity index (χ3n) is 4.92. The Morgan fingerprint density at radius 3 is 2.47 bits per heavy atom. The summed E-state index contributed by atoms with van der Waals surface area (Å²) in [4.78, 5) is 8.78. The van der Waals surface area contributed by atoms with Gasteiger partial charge in [-0.05, 0) is 47.9 Å². The molecule has 0 spiro atoms. The molecule has 4 aromatic rings. The van der Waals surface area contributed by atoms with Gasteiger partial charge in [-0.3, -0.25) is 0 Å². The van der Waals surface area contributed by atoms with Crippen molar-refractivity contribution in [1.82, 2.24) is 9.97 Å². The molecule has 1 heterocycles. The molecule has 158 valence electrons. The maximum absolute atomic E-state index is 9.32. The molecule has 0 bridgehead atoms. The molecule has 0 saturated carbocycles. The first kappa shape index (κ1) is 21.2. The second kappa shape index (κ2) is 9.38.